The van der Waals surface area contributed by atoms with Crippen molar-refractivity contribution in [3.05, 3.63) is 11.8 Å². The average Bonchev–Trinajstić information content (AvgIpc) is 2.54. The summed E-state index contributed by atoms with van der Waals surface area (Å²) in [6, 6.07) is 0.349. The van der Waals surface area contributed by atoms with Crippen molar-refractivity contribution >= 4 is 5.78 Å². The highest BCUT2D eigenvalue weighted by atomic mass is 16.5. The van der Waals surface area contributed by atoms with E-state index in [4.69, 9.17) is 4.74 Å². The Morgan fingerprint density at radius 1 is 1.57 bits per heavy atom. The number of hydrogen-bond donors (Lipinski definition) is 0. The zero-order valence-corrected chi connectivity index (χ0v) is 9.25. The number of hydrogen-bond acceptors (Lipinski definition) is 3. The van der Waals surface area contributed by atoms with Crippen LogP contribution in [-0.2, 0) is 9.53 Å². The fraction of sp³-hybridized carbons (Fsp3) is 0.727. The summed E-state index contributed by atoms with van der Waals surface area (Å²) in [5, 5.41) is 0. The van der Waals surface area contributed by atoms with E-state index in [9.17, 15) is 4.79 Å². The predicted octanol–water partition coefficient (Wildman–Crippen LogP) is 1.59. The highest BCUT2D eigenvalue weighted by molar-refractivity contribution is 5.92. The third-order valence-electron chi connectivity index (χ3n) is 2.60. The molecule has 1 atom stereocenters. The van der Waals surface area contributed by atoms with Crippen molar-refractivity contribution in [2.24, 2.45) is 0 Å². The second-order valence-corrected chi connectivity index (χ2v) is 3.69. The monoisotopic (exact) mass is 197 g/mol. The van der Waals surface area contributed by atoms with Crippen LogP contribution in [0.2, 0.25) is 0 Å². The van der Waals surface area contributed by atoms with Crippen LogP contribution in [0.3, 0.4) is 0 Å². The molecule has 0 bridgehead atoms. The van der Waals surface area contributed by atoms with Gasteiger partial charge in [0.05, 0.1) is 6.61 Å². The van der Waals surface area contributed by atoms with Gasteiger partial charge in [-0.1, -0.05) is 0 Å². The molecule has 3 nitrogen and oxygen atoms in total. The number of carbonyl (C=O) groups is 1. The maximum atomic E-state index is 11.1. The zero-order chi connectivity index (χ0) is 10.6. The molecule has 1 rings (SSSR count). The molecule has 0 spiro atoms. The van der Waals surface area contributed by atoms with Gasteiger partial charge in [0.2, 0.25) is 0 Å². The number of ketones is 1. The van der Waals surface area contributed by atoms with E-state index in [-0.39, 0.29) is 5.78 Å². The smallest absolute Gasteiger partial charge is 0.157 e. The van der Waals surface area contributed by atoms with E-state index in [0.717, 1.165) is 13.0 Å². The summed E-state index contributed by atoms with van der Waals surface area (Å²) in [4.78, 5) is 13.4. The Morgan fingerprint density at radius 3 is 2.71 bits per heavy atom. The average molecular weight is 197 g/mol. The van der Waals surface area contributed by atoms with E-state index < -0.39 is 0 Å². The molecule has 14 heavy (non-hydrogen) atoms. The first-order valence-corrected chi connectivity index (χ1v) is 5.18. The van der Waals surface area contributed by atoms with Crippen LogP contribution in [0.4, 0.5) is 0 Å². The summed E-state index contributed by atoms with van der Waals surface area (Å²) in [5.41, 5.74) is 1.17. The van der Waals surface area contributed by atoms with Gasteiger partial charge in [-0.3, -0.25) is 4.79 Å². The highest BCUT2D eigenvalue weighted by Crippen LogP contribution is 2.21. The number of nitrogens with zero attached hydrogens (tertiary/aromatic N) is 1. The largest absolute Gasteiger partial charge is 0.383 e. The van der Waals surface area contributed by atoms with E-state index in [2.05, 4.69) is 18.7 Å². The van der Waals surface area contributed by atoms with Crippen LogP contribution >= 0.6 is 0 Å². The second-order valence-electron chi connectivity index (χ2n) is 3.69. The topological polar surface area (TPSA) is 29.5 Å². The number of allylic oxidation sites excluding steroid dienone is 2. The molecule has 0 N–H and O–H groups in total. The molecule has 0 saturated heterocycles. The van der Waals surface area contributed by atoms with Crippen molar-refractivity contribution in [3.63, 3.8) is 0 Å². The Kier molecular flexibility index (Phi) is 4.14. The van der Waals surface area contributed by atoms with Gasteiger partial charge in [-0.05, 0) is 20.3 Å². The molecule has 0 fully saturated rings. The minimum absolute atomic E-state index is 0.253. The van der Waals surface area contributed by atoms with Crippen LogP contribution in [0.5, 0.6) is 0 Å². The summed E-state index contributed by atoms with van der Waals surface area (Å²) in [6.45, 7) is 5.87. The standard InChI is InChI=1S/C11H19NO2/c1-4-12(9(2)8-14-3)10-5-6-11(13)7-10/h7,9H,4-6,8H2,1-3H3. The van der Waals surface area contributed by atoms with Crippen LogP contribution in [0.1, 0.15) is 26.7 Å². The molecular formula is C11H19NO2. The van der Waals surface area contributed by atoms with Crippen molar-refractivity contribution in [1.82, 2.24) is 4.90 Å². The number of ether oxygens (including phenoxy) is 1. The van der Waals surface area contributed by atoms with E-state index in [1.807, 2.05) is 0 Å². The Hall–Kier alpha value is -0.830. The van der Waals surface area contributed by atoms with E-state index in [1.54, 1.807) is 13.2 Å². The molecule has 0 radical (unpaired) electrons. The summed E-state index contributed by atoms with van der Waals surface area (Å²) in [6.07, 6.45) is 3.34. The van der Waals surface area contributed by atoms with Gasteiger partial charge in [0.15, 0.2) is 5.78 Å². The van der Waals surface area contributed by atoms with Gasteiger partial charge in [-0.25, -0.2) is 0 Å². The Morgan fingerprint density at radius 2 is 2.29 bits per heavy atom. The van der Waals surface area contributed by atoms with Crippen molar-refractivity contribution in [2.45, 2.75) is 32.7 Å². The normalized spacial score (nSPS) is 18.2. The van der Waals surface area contributed by atoms with Crippen LogP contribution < -0.4 is 0 Å². The predicted molar refractivity (Wildman–Crippen MR) is 56.0 cm³/mol. The second kappa shape index (κ2) is 5.15. The maximum Gasteiger partial charge on any atom is 0.157 e. The van der Waals surface area contributed by atoms with Crippen molar-refractivity contribution < 1.29 is 9.53 Å². The number of carbonyl (C=O) groups excluding carboxylic acids is 1. The maximum absolute atomic E-state index is 11.1. The molecule has 1 aliphatic carbocycles. The number of rotatable bonds is 5. The summed E-state index contributed by atoms with van der Waals surface area (Å²) in [5.74, 6) is 0.253. The van der Waals surface area contributed by atoms with Gasteiger partial charge in [0.1, 0.15) is 0 Å². The fourth-order valence-electron chi connectivity index (χ4n) is 1.94. The molecule has 0 amide bonds. The van der Waals surface area contributed by atoms with E-state index in [0.29, 0.717) is 19.1 Å². The third kappa shape index (κ3) is 2.58. The van der Waals surface area contributed by atoms with E-state index >= 15 is 0 Å². The van der Waals surface area contributed by atoms with Crippen LogP contribution in [0.25, 0.3) is 0 Å². The first-order chi connectivity index (χ1) is 6.69. The fourth-order valence-corrected chi connectivity index (χ4v) is 1.94. The van der Waals surface area contributed by atoms with Gasteiger partial charge < -0.3 is 9.64 Å². The van der Waals surface area contributed by atoms with Crippen LogP contribution in [0, 0.1) is 0 Å². The first-order valence-electron chi connectivity index (χ1n) is 5.18. The minimum Gasteiger partial charge on any atom is -0.383 e. The summed E-state index contributed by atoms with van der Waals surface area (Å²) < 4.78 is 5.12. The van der Waals surface area contributed by atoms with Gasteiger partial charge in [0.25, 0.3) is 0 Å². The molecule has 0 aliphatic heterocycles. The molecule has 1 aliphatic rings. The molecule has 0 saturated carbocycles. The third-order valence-corrected chi connectivity index (χ3v) is 2.60. The van der Waals surface area contributed by atoms with Gasteiger partial charge in [-0.15, -0.1) is 0 Å². The lowest BCUT2D eigenvalue weighted by atomic mass is 10.2. The van der Waals surface area contributed by atoms with Gasteiger partial charge in [-0.2, -0.15) is 0 Å². The van der Waals surface area contributed by atoms with Gasteiger partial charge >= 0.3 is 0 Å². The number of methoxy groups -OCH3 is 1. The molecule has 0 aromatic carbocycles. The summed E-state index contributed by atoms with van der Waals surface area (Å²) >= 11 is 0. The quantitative estimate of drug-likeness (QED) is 0.670. The lowest BCUT2D eigenvalue weighted by Gasteiger charge is -2.30. The SMILES string of the molecule is CCN(C1=CC(=O)CC1)C(C)COC. The zero-order valence-electron chi connectivity index (χ0n) is 9.25. The molecule has 0 heterocycles. The van der Waals surface area contributed by atoms with E-state index in [1.165, 1.54) is 5.70 Å². The van der Waals surface area contributed by atoms with Gasteiger partial charge in [0, 0.05) is 37.9 Å². The Bertz CT molecular complexity index is 235. The van der Waals surface area contributed by atoms with Crippen LogP contribution in [0.15, 0.2) is 11.8 Å². The molecule has 0 aromatic rings. The lowest BCUT2D eigenvalue weighted by molar-refractivity contribution is -0.114. The molecular weight excluding hydrogens is 178 g/mol. The first kappa shape index (κ1) is 11.2. The highest BCUT2D eigenvalue weighted by Gasteiger charge is 2.20. The molecule has 3 heteroatoms. The van der Waals surface area contributed by atoms with Crippen LogP contribution in [-0.4, -0.2) is 37.0 Å². The molecule has 80 valence electrons. The van der Waals surface area contributed by atoms with Crippen molar-refractivity contribution in [3.8, 4) is 0 Å². The lowest BCUT2D eigenvalue weighted by Crippen LogP contribution is -2.34. The Balaban J connectivity index is 2.61. The summed E-state index contributed by atoms with van der Waals surface area (Å²) in [7, 11) is 1.71. The Labute approximate surface area is 85.7 Å². The van der Waals surface area contributed by atoms with Crippen molar-refractivity contribution in [2.75, 3.05) is 20.3 Å². The molecule has 0 aromatic heterocycles. The van der Waals surface area contributed by atoms with Crippen molar-refractivity contribution in [1.29, 1.82) is 0 Å². The number of likely N-dealkylation sites (N-methyl/N-ethyl adjacent to an activating group) is 1. The molecule has 1 unspecified atom stereocenters. The minimum atomic E-state index is 0.253.